The van der Waals surface area contributed by atoms with Crippen molar-refractivity contribution in [2.75, 3.05) is 38.7 Å². The van der Waals surface area contributed by atoms with E-state index in [4.69, 9.17) is 9.47 Å². The molecule has 2 aromatic carbocycles. The fourth-order valence-corrected chi connectivity index (χ4v) is 4.70. The van der Waals surface area contributed by atoms with E-state index in [1.807, 2.05) is 24.3 Å². The van der Waals surface area contributed by atoms with Crippen LogP contribution in [0.25, 0.3) is 10.9 Å². The quantitative estimate of drug-likeness (QED) is 0.667. The van der Waals surface area contributed by atoms with Gasteiger partial charge in [0.05, 0.1) is 30.9 Å². The van der Waals surface area contributed by atoms with Crippen LogP contribution in [-0.2, 0) is 14.8 Å². The summed E-state index contributed by atoms with van der Waals surface area (Å²) in [5, 5.41) is 3.66. The molecule has 2 N–H and O–H groups in total. The van der Waals surface area contributed by atoms with Crippen LogP contribution in [-0.4, -0.2) is 57.0 Å². The van der Waals surface area contributed by atoms with E-state index in [2.05, 4.69) is 10.3 Å². The largest absolute Gasteiger partial charge is 0.495 e. The van der Waals surface area contributed by atoms with Gasteiger partial charge < -0.3 is 19.8 Å². The number of methoxy groups -OCH3 is 1. The molecule has 3 aromatic rings. The van der Waals surface area contributed by atoms with Gasteiger partial charge in [-0.1, -0.05) is 18.2 Å². The Bertz CT molecular complexity index is 1120. The van der Waals surface area contributed by atoms with Gasteiger partial charge in [0.1, 0.15) is 11.4 Å². The first kappa shape index (κ1) is 19.4. The summed E-state index contributed by atoms with van der Waals surface area (Å²) in [5.74, 6) is -0.0178. The van der Waals surface area contributed by atoms with Crippen molar-refractivity contribution < 1.29 is 22.7 Å². The molecule has 29 heavy (non-hydrogen) atoms. The van der Waals surface area contributed by atoms with Gasteiger partial charge in [-0.05, 0) is 30.3 Å². The Morgan fingerprint density at radius 2 is 1.90 bits per heavy atom. The number of aromatic amines is 1. The van der Waals surface area contributed by atoms with E-state index in [0.717, 1.165) is 10.9 Å². The number of H-pyrrole nitrogens is 1. The van der Waals surface area contributed by atoms with Crippen LogP contribution in [0.2, 0.25) is 0 Å². The zero-order valence-corrected chi connectivity index (χ0v) is 16.7. The highest BCUT2D eigenvalue weighted by atomic mass is 32.2. The second-order valence-electron chi connectivity index (χ2n) is 6.60. The number of anilines is 1. The maximum Gasteiger partial charge on any atom is 0.272 e. The molecule has 0 saturated carbocycles. The van der Waals surface area contributed by atoms with Crippen LogP contribution in [0.3, 0.4) is 0 Å². The third kappa shape index (κ3) is 3.84. The van der Waals surface area contributed by atoms with Gasteiger partial charge in [0.2, 0.25) is 10.0 Å². The van der Waals surface area contributed by atoms with Gasteiger partial charge in [-0.15, -0.1) is 0 Å². The van der Waals surface area contributed by atoms with Gasteiger partial charge >= 0.3 is 0 Å². The fraction of sp³-hybridized carbons (Fsp3) is 0.250. The lowest BCUT2D eigenvalue weighted by molar-refractivity contribution is 0.0730. The van der Waals surface area contributed by atoms with Crippen molar-refractivity contribution in [3.05, 3.63) is 54.2 Å². The third-order valence-corrected chi connectivity index (χ3v) is 6.70. The normalized spacial score (nSPS) is 15.3. The molecule has 4 rings (SSSR count). The Morgan fingerprint density at radius 3 is 2.62 bits per heavy atom. The number of amides is 1. The number of sulfonamides is 1. The standard InChI is InChI=1S/C20H21N3O5S/c1-27-19-7-6-15(29(25,26)23-8-10-28-11-9-23)13-17(19)22-20(24)18-12-14-4-2-3-5-16(14)21-18/h2-7,12-13,21H,8-11H2,1H3,(H,22,24). The minimum absolute atomic E-state index is 0.0900. The molecule has 0 unspecified atom stereocenters. The van der Waals surface area contributed by atoms with Gasteiger partial charge in [-0.3, -0.25) is 4.79 Å². The lowest BCUT2D eigenvalue weighted by Gasteiger charge is -2.26. The third-order valence-electron chi connectivity index (χ3n) is 4.80. The summed E-state index contributed by atoms with van der Waals surface area (Å²) >= 11 is 0. The summed E-state index contributed by atoms with van der Waals surface area (Å²) in [6.07, 6.45) is 0. The Kier molecular flexibility index (Phi) is 5.27. The van der Waals surface area contributed by atoms with Crippen LogP contribution in [0.5, 0.6) is 5.75 Å². The van der Waals surface area contributed by atoms with E-state index in [1.54, 1.807) is 6.07 Å². The number of hydrogen-bond acceptors (Lipinski definition) is 5. The number of morpholine rings is 1. The number of hydrogen-bond donors (Lipinski definition) is 2. The zero-order valence-electron chi connectivity index (χ0n) is 15.8. The number of fused-ring (bicyclic) bond motifs is 1. The SMILES string of the molecule is COc1ccc(S(=O)(=O)N2CCOCC2)cc1NC(=O)c1cc2ccccc2[nH]1. The first-order valence-corrected chi connectivity index (χ1v) is 10.6. The highest BCUT2D eigenvalue weighted by Gasteiger charge is 2.27. The highest BCUT2D eigenvalue weighted by molar-refractivity contribution is 7.89. The molecule has 1 fully saturated rings. The molecule has 2 heterocycles. The number of nitrogens with zero attached hydrogens (tertiary/aromatic N) is 1. The highest BCUT2D eigenvalue weighted by Crippen LogP contribution is 2.30. The first-order valence-electron chi connectivity index (χ1n) is 9.14. The van der Waals surface area contributed by atoms with Gasteiger partial charge in [0.15, 0.2) is 0 Å². The lowest BCUT2D eigenvalue weighted by Crippen LogP contribution is -2.40. The molecule has 152 valence electrons. The van der Waals surface area contributed by atoms with E-state index < -0.39 is 10.0 Å². The topological polar surface area (TPSA) is 101 Å². The second-order valence-corrected chi connectivity index (χ2v) is 8.54. The molecule has 0 bridgehead atoms. The van der Waals surface area contributed by atoms with Crippen LogP contribution in [0.4, 0.5) is 5.69 Å². The number of para-hydroxylation sites is 1. The van der Waals surface area contributed by atoms with E-state index >= 15 is 0 Å². The average molecular weight is 415 g/mol. The number of carbonyl (C=O) groups is 1. The monoisotopic (exact) mass is 415 g/mol. The Balaban J connectivity index is 1.63. The number of benzene rings is 2. The van der Waals surface area contributed by atoms with E-state index in [9.17, 15) is 13.2 Å². The van der Waals surface area contributed by atoms with Crippen molar-refractivity contribution in [1.82, 2.24) is 9.29 Å². The van der Waals surface area contributed by atoms with Crippen molar-refractivity contribution in [3.8, 4) is 5.75 Å². The molecule has 8 nitrogen and oxygen atoms in total. The molecule has 0 spiro atoms. The minimum Gasteiger partial charge on any atom is -0.495 e. The molecule has 0 radical (unpaired) electrons. The van der Waals surface area contributed by atoms with Crippen molar-refractivity contribution in [2.24, 2.45) is 0 Å². The van der Waals surface area contributed by atoms with Crippen molar-refractivity contribution in [1.29, 1.82) is 0 Å². The Morgan fingerprint density at radius 1 is 1.14 bits per heavy atom. The molecular weight excluding hydrogens is 394 g/mol. The molecule has 9 heteroatoms. The van der Waals surface area contributed by atoms with Gasteiger partial charge in [-0.25, -0.2) is 8.42 Å². The van der Waals surface area contributed by atoms with Crippen molar-refractivity contribution in [3.63, 3.8) is 0 Å². The minimum atomic E-state index is -3.69. The van der Waals surface area contributed by atoms with Crippen LogP contribution < -0.4 is 10.1 Å². The summed E-state index contributed by atoms with van der Waals surface area (Å²) in [4.78, 5) is 15.9. The fourth-order valence-electron chi connectivity index (χ4n) is 3.27. The molecule has 1 saturated heterocycles. The summed E-state index contributed by atoms with van der Waals surface area (Å²) in [6.45, 7) is 1.31. The van der Waals surface area contributed by atoms with E-state index in [-0.39, 0.29) is 16.5 Å². The van der Waals surface area contributed by atoms with E-state index in [1.165, 1.54) is 29.6 Å². The second kappa shape index (κ2) is 7.86. The zero-order chi connectivity index (χ0) is 20.4. The summed E-state index contributed by atoms with van der Waals surface area (Å²) in [7, 11) is -2.23. The molecule has 0 atom stereocenters. The smallest absolute Gasteiger partial charge is 0.272 e. The lowest BCUT2D eigenvalue weighted by atomic mass is 10.2. The van der Waals surface area contributed by atoms with Gasteiger partial charge in [-0.2, -0.15) is 4.31 Å². The summed E-state index contributed by atoms with van der Waals surface area (Å²) in [5.41, 5.74) is 1.49. The number of aromatic nitrogens is 1. The van der Waals surface area contributed by atoms with Crippen LogP contribution in [0.1, 0.15) is 10.5 Å². The summed E-state index contributed by atoms with van der Waals surface area (Å²) in [6, 6.07) is 13.7. The molecule has 1 aromatic heterocycles. The summed E-state index contributed by atoms with van der Waals surface area (Å²) < 4.78 is 37.8. The maximum absolute atomic E-state index is 12.9. The van der Waals surface area contributed by atoms with E-state index in [0.29, 0.717) is 37.7 Å². The number of ether oxygens (including phenoxy) is 2. The Hall–Kier alpha value is -2.88. The molecule has 0 aliphatic carbocycles. The predicted molar refractivity (Wildman–Crippen MR) is 109 cm³/mol. The van der Waals surface area contributed by atoms with Crippen molar-refractivity contribution in [2.45, 2.75) is 4.90 Å². The molecule has 1 aliphatic heterocycles. The van der Waals surface area contributed by atoms with Gasteiger partial charge in [0.25, 0.3) is 5.91 Å². The number of carbonyl (C=O) groups excluding carboxylic acids is 1. The van der Waals surface area contributed by atoms with Crippen LogP contribution in [0, 0.1) is 0 Å². The Labute approximate surface area is 168 Å². The van der Waals surface area contributed by atoms with Gasteiger partial charge in [0, 0.05) is 24.0 Å². The van der Waals surface area contributed by atoms with Crippen molar-refractivity contribution >= 4 is 32.5 Å². The molecular formula is C20H21N3O5S. The maximum atomic E-state index is 12.9. The van der Waals surface area contributed by atoms with Crippen LogP contribution in [0.15, 0.2) is 53.4 Å². The number of rotatable bonds is 5. The predicted octanol–water partition coefficient (Wildman–Crippen LogP) is 2.45. The van der Waals surface area contributed by atoms with Crippen LogP contribution >= 0.6 is 0 Å². The molecule has 1 amide bonds. The number of nitrogens with one attached hydrogen (secondary N) is 2. The molecule has 1 aliphatic rings. The first-order chi connectivity index (χ1) is 14.0. The average Bonchev–Trinajstić information content (AvgIpc) is 3.19.